The fourth-order valence-corrected chi connectivity index (χ4v) is 2.23. The minimum atomic E-state index is -0.0358. The van der Waals surface area contributed by atoms with Gasteiger partial charge in [-0.05, 0) is 25.8 Å². The summed E-state index contributed by atoms with van der Waals surface area (Å²) < 4.78 is 0. The van der Waals surface area contributed by atoms with Gasteiger partial charge in [-0.25, -0.2) is 0 Å². The first-order chi connectivity index (χ1) is 7.75. The second-order valence-electron chi connectivity index (χ2n) is 4.55. The Bertz CT molecular complexity index is 270. The molecule has 0 aromatic rings. The molecule has 17 heavy (non-hydrogen) atoms. The van der Waals surface area contributed by atoms with Crippen LogP contribution in [0, 0.1) is 0 Å². The molecule has 6 heteroatoms. The van der Waals surface area contributed by atoms with Crippen LogP contribution >= 0.6 is 12.4 Å². The number of hydrogen-bond acceptors (Lipinski definition) is 3. The molecular weight excluding hydrogens is 242 g/mol. The lowest BCUT2D eigenvalue weighted by molar-refractivity contribution is -0.127. The number of carbonyl (C=O) groups excluding carboxylic acids is 2. The van der Waals surface area contributed by atoms with Crippen LogP contribution in [0.4, 0.5) is 0 Å². The summed E-state index contributed by atoms with van der Waals surface area (Å²) in [6.45, 7) is 1.50. The number of carbonyl (C=O) groups is 2. The Hall–Kier alpha value is -0.810. The van der Waals surface area contributed by atoms with Crippen LogP contribution in [0.3, 0.4) is 0 Å². The zero-order chi connectivity index (χ0) is 11.4. The fraction of sp³-hybridized carbons (Fsp3) is 0.818. The van der Waals surface area contributed by atoms with Gasteiger partial charge in [0.15, 0.2) is 0 Å². The lowest BCUT2D eigenvalue weighted by Crippen LogP contribution is -2.53. The Kier molecular flexibility index (Phi) is 5.71. The van der Waals surface area contributed by atoms with Crippen LogP contribution in [-0.4, -0.2) is 37.0 Å². The normalized spacial score (nSPS) is 28.8. The van der Waals surface area contributed by atoms with Crippen molar-refractivity contribution in [2.24, 2.45) is 0 Å². The molecule has 0 radical (unpaired) electrons. The maximum Gasteiger partial charge on any atom is 0.237 e. The van der Waals surface area contributed by atoms with E-state index in [0.29, 0.717) is 13.0 Å². The van der Waals surface area contributed by atoms with Gasteiger partial charge in [-0.3, -0.25) is 9.59 Å². The van der Waals surface area contributed by atoms with Crippen molar-refractivity contribution in [1.82, 2.24) is 16.0 Å². The van der Waals surface area contributed by atoms with Crippen molar-refractivity contribution in [1.29, 1.82) is 0 Å². The Morgan fingerprint density at radius 1 is 1.29 bits per heavy atom. The van der Waals surface area contributed by atoms with E-state index in [9.17, 15) is 9.59 Å². The molecule has 1 unspecified atom stereocenters. The molecule has 0 saturated carbocycles. The summed E-state index contributed by atoms with van der Waals surface area (Å²) >= 11 is 0. The highest BCUT2D eigenvalue weighted by Gasteiger charge is 2.25. The summed E-state index contributed by atoms with van der Waals surface area (Å²) in [4.78, 5) is 22.8. The van der Waals surface area contributed by atoms with Crippen molar-refractivity contribution >= 4 is 24.2 Å². The molecule has 2 aliphatic heterocycles. The smallest absolute Gasteiger partial charge is 0.237 e. The van der Waals surface area contributed by atoms with Gasteiger partial charge in [0.25, 0.3) is 0 Å². The molecule has 2 saturated heterocycles. The van der Waals surface area contributed by atoms with Gasteiger partial charge in [-0.15, -0.1) is 12.4 Å². The van der Waals surface area contributed by atoms with Crippen molar-refractivity contribution in [3.05, 3.63) is 0 Å². The highest BCUT2D eigenvalue weighted by molar-refractivity contribution is 5.85. The lowest BCUT2D eigenvalue weighted by atomic mass is 10.0. The van der Waals surface area contributed by atoms with Crippen molar-refractivity contribution in [2.75, 3.05) is 13.1 Å². The first-order valence-corrected chi connectivity index (χ1v) is 6.06. The largest absolute Gasteiger partial charge is 0.354 e. The molecule has 3 N–H and O–H groups in total. The third-order valence-corrected chi connectivity index (χ3v) is 3.24. The molecule has 2 fully saturated rings. The number of amides is 2. The standard InChI is InChI=1S/C11H19N3O2.ClH/c15-10-5-4-8(7-13-10)14-11(16)9-3-1-2-6-12-9;/h8-9,12H,1-7H2,(H,13,15)(H,14,16);1H/t8?,9-;/m0./s1. The second kappa shape index (κ2) is 6.81. The van der Waals surface area contributed by atoms with Crippen molar-refractivity contribution < 1.29 is 9.59 Å². The Balaban J connectivity index is 0.00000144. The molecule has 2 heterocycles. The van der Waals surface area contributed by atoms with E-state index in [1.165, 1.54) is 0 Å². The fourth-order valence-electron chi connectivity index (χ4n) is 2.23. The van der Waals surface area contributed by atoms with E-state index < -0.39 is 0 Å². The van der Waals surface area contributed by atoms with E-state index in [1.54, 1.807) is 0 Å². The van der Waals surface area contributed by atoms with E-state index in [-0.39, 0.29) is 36.3 Å². The van der Waals surface area contributed by atoms with Crippen LogP contribution in [0.2, 0.25) is 0 Å². The molecule has 0 spiro atoms. The SMILES string of the molecule is Cl.O=C1CCC(NC(=O)[C@@H]2CCCCN2)CN1. The van der Waals surface area contributed by atoms with E-state index >= 15 is 0 Å². The van der Waals surface area contributed by atoms with Crippen LogP contribution in [0.1, 0.15) is 32.1 Å². The predicted octanol–water partition coefficient (Wildman–Crippen LogP) is -0.0549. The van der Waals surface area contributed by atoms with Crippen LogP contribution in [0.15, 0.2) is 0 Å². The number of halogens is 1. The Morgan fingerprint density at radius 3 is 2.71 bits per heavy atom. The van der Waals surface area contributed by atoms with Crippen LogP contribution in [0.5, 0.6) is 0 Å². The van der Waals surface area contributed by atoms with Gasteiger partial charge in [-0.2, -0.15) is 0 Å². The molecule has 2 amide bonds. The van der Waals surface area contributed by atoms with E-state index in [1.807, 2.05) is 0 Å². The summed E-state index contributed by atoms with van der Waals surface area (Å²) in [5.41, 5.74) is 0. The van der Waals surface area contributed by atoms with Gasteiger partial charge in [0, 0.05) is 19.0 Å². The number of hydrogen-bond donors (Lipinski definition) is 3. The summed E-state index contributed by atoms with van der Waals surface area (Å²) in [6.07, 6.45) is 4.47. The average molecular weight is 262 g/mol. The highest BCUT2D eigenvalue weighted by Crippen LogP contribution is 2.08. The summed E-state index contributed by atoms with van der Waals surface area (Å²) in [5.74, 6) is 0.169. The molecule has 98 valence electrons. The van der Waals surface area contributed by atoms with Crippen molar-refractivity contribution in [3.63, 3.8) is 0 Å². The zero-order valence-electron chi connectivity index (χ0n) is 9.83. The van der Waals surface area contributed by atoms with Gasteiger partial charge < -0.3 is 16.0 Å². The van der Waals surface area contributed by atoms with Gasteiger partial charge in [0.1, 0.15) is 0 Å². The molecular formula is C11H20ClN3O2. The van der Waals surface area contributed by atoms with Gasteiger partial charge >= 0.3 is 0 Å². The third-order valence-electron chi connectivity index (χ3n) is 3.24. The quantitative estimate of drug-likeness (QED) is 0.653. The van der Waals surface area contributed by atoms with Crippen LogP contribution in [0.25, 0.3) is 0 Å². The van der Waals surface area contributed by atoms with Crippen molar-refractivity contribution in [3.8, 4) is 0 Å². The molecule has 0 bridgehead atoms. The number of nitrogens with one attached hydrogen (secondary N) is 3. The number of piperidine rings is 2. The Morgan fingerprint density at radius 2 is 2.12 bits per heavy atom. The maximum atomic E-state index is 11.9. The molecule has 2 rings (SSSR count). The molecule has 0 aromatic heterocycles. The summed E-state index contributed by atoms with van der Waals surface area (Å²) in [6, 6.07) is 0.0697. The highest BCUT2D eigenvalue weighted by atomic mass is 35.5. The monoisotopic (exact) mass is 261 g/mol. The van der Waals surface area contributed by atoms with Gasteiger partial charge in [0.2, 0.25) is 11.8 Å². The van der Waals surface area contributed by atoms with E-state index in [0.717, 1.165) is 32.2 Å². The third kappa shape index (κ3) is 4.16. The lowest BCUT2D eigenvalue weighted by Gasteiger charge is -2.28. The first-order valence-electron chi connectivity index (χ1n) is 6.06. The number of rotatable bonds is 2. The molecule has 5 nitrogen and oxygen atoms in total. The topological polar surface area (TPSA) is 70.2 Å². The van der Waals surface area contributed by atoms with Crippen LogP contribution < -0.4 is 16.0 Å². The average Bonchev–Trinajstić information content (AvgIpc) is 2.33. The van der Waals surface area contributed by atoms with Gasteiger partial charge in [-0.1, -0.05) is 6.42 Å². The van der Waals surface area contributed by atoms with E-state index in [2.05, 4.69) is 16.0 Å². The zero-order valence-corrected chi connectivity index (χ0v) is 10.6. The van der Waals surface area contributed by atoms with E-state index in [4.69, 9.17) is 0 Å². The second-order valence-corrected chi connectivity index (χ2v) is 4.55. The Labute approximate surface area is 108 Å². The molecule has 0 aliphatic carbocycles. The van der Waals surface area contributed by atoms with Crippen molar-refractivity contribution in [2.45, 2.75) is 44.2 Å². The summed E-state index contributed by atoms with van der Waals surface area (Å²) in [5, 5.41) is 8.98. The van der Waals surface area contributed by atoms with Crippen LogP contribution in [-0.2, 0) is 9.59 Å². The molecule has 2 atom stereocenters. The minimum Gasteiger partial charge on any atom is -0.354 e. The van der Waals surface area contributed by atoms with Gasteiger partial charge in [0.05, 0.1) is 6.04 Å². The molecule has 0 aromatic carbocycles. The predicted molar refractivity (Wildman–Crippen MR) is 67.1 cm³/mol. The summed E-state index contributed by atoms with van der Waals surface area (Å²) in [7, 11) is 0. The minimum absolute atomic E-state index is 0. The molecule has 2 aliphatic rings. The first kappa shape index (κ1) is 14.3. The maximum absolute atomic E-state index is 11.9.